The van der Waals surface area contributed by atoms with Gasteiger partial charge in [0.2, 0.25) is 0 Å². The minimum absolute atomic E-state index is 0.131. The molecule has 2 aliphatic carbocycles. The Bertz CT molecular complexity index is 1390. The highest BCUT2D eigenvalue weighted by Gasteiger charge is 2.44. The van der Waals surface area contributed by atoms with Crippen molar-refractivity contribution in [1.29, 1.82) is 0 Å². The number of allylic oxidation sites excluding steroid dienone is 1. The van der Waals surface area contributed by atoms with Crippen molar-refractivity contribution >= 4 is 17.6 Å². The molecule has 1 fully saturated rings. The maximum absolute atomic E-state index is 12.5. The van der Waals surface area contributed by atoms with E-state index >= 15 is 0 Å². The fourth-order valence-corrected chi connectivity index (χ4v) is 8.60. The number of anilines is 1. The number of Topliss-reactive ketones (excluding diaryl/α,β-unsaturated/α-hetero) is 1. The number of aliphatic carboxylic acids is 1. The summed E-state index contributed by atoms with van der Waals surface area (Å²) in [5, 5.41) is 47.1. The number of carboxylic acid groups (broad SMARTS) is 1. The van der Waals surface area contributed by atoms with Crippen LogP contribution in [0.4, 0.5) is 5.82 Å². The summed E-state index contributed by atoms with van der Waals surface area (Å²) >= 11 is 0. The van der Waals surface area contributed by atoms with Crippen LogP contribution in [0.1, 0.15) is 126 Å². The van der Waals surface area contributed by atoms with Crippen LogP contribution in [-0.2, 0) is 11.2 Å². The van der Waals surface area contributed by atoms with Gasteiger partial charge < -0.3 is 31.5 Å². The van der Waals surface area contributed by atoms with Crippen molar-refractivity contribution < 1.29 is 30.0 Å². The van der Waals surface area contributed by atoms with Crippen LogP contribution < -0.4 is 11.1 Å². The van der Waals surface area contributed by atoms with Crippen LogP contribution in [0, 0.1) is 29.6 Å². The number of nitrogens with two attached hydrogens (primary N) is 1. The van der Waals surface area contributed by atoms with Gasteiger partial charge in [-0.05, 0) is 113 Å². The van der Waals surface area contributed by atoms with Crippen molar-refractivity contribution in [3.05, 3.63) is 71.9 Å². The van der Waals surface area contributed by atoms with Crippen molar-refractivity contribution in [3.8, 4) is 0 Å². The Morgan fingerprint density at radius 1 is 0.981 bits per heavy atom. The average molecular weight is 720 g/mol. The summed E-state index contributed by atoms with van der Waals surface area (Å²) in [5.41, 5.74) is 6.74. The van der Waals surface area contributed by atoms with Gasteiger partial charge in [0.15, 0.2) is 5.78 Å². The van der Waals surface area contributed by atoms with Crippen molar-refractivity contribution in [1.82, 2.24) is 10.3 Å². The summed E-state index contributed by atoms with van der Waals surface area (Å²) in [7, 11) is 0. The molecular formula is C43H65N3O6. The molecule has 1 heterocycles. The fraction of sp³-hybridized carbons (Fsp3) is 0.651. The number of unbranched alkanes of at least 4 members (excludes halogenated alkanes) is 4. The molecule has 0 saturated heterocycles. The SMILES string of the molecule is CCCCC[C@@H]1C=C[C@@H](CCCCC[C@H](C(=O)O)[C@H](O)CC[C@]2(O)C[C@@H](CNCCCC(=O)c3ccccc3)[C@H](Cc3ccnc(N)c3)C2)[C@H](O)C1. The lowest BCUT2D eigenvalue weighted by Crippen LogP contribution is -2.33. The molecule has 52 heavy (non-hydrogen) atoms. The van der Waals surface area contributed by atoms with E-state index in [4.69, 9.17) is 5.73 Å². The van der Waals surface area contributed by atoms with Gasteiger partial charge in [0.1, 0.15) is 5.82 Å². The zero-order chi connectivity index (χ0) is 37.3. The lowest BCUT2D eigenvalue weighted by atomic mass is 9.81. The summed E-state index contributed by atoms with van der Waals surface area (Å²) in [4.78, 5) is 28.8. The molecule has 0 radical (unpaired) electrons. The molecule has 1 aromatic heterocycles. The van der Waals surface area contributed by atoms with Gasteiger partial charge in [0, 0.05) is 24.1 Å². The summed E-state index contributed by atoms with van der Waals surface area (Å²) in [6.07, 6.45) is 17.8. The third-order valence-electron chi connectivity index (χ3n) is 11.6. The molecule has 8 atom stereocenters. The Balaban J connectivity index is 1.22. The number of nitrogens with one attached hydrogen (secondary N) is 1. The molecular weight excluding hydrogens is 654 g/mol. The molecule has 2 aliphatic rings. The molecule has 0 bridgehead atoms. The number of nitrogens with zero attached hydrogens (tertiary/aromatic N) is 1. The average Bonchev–Trinajstić information content (AvgIpc) is 3.44. The monoisotopic (exact) mass is 719 g/mol. The van der Waals surface area contributed by atoms with Crippen molar-refractivity contribution in [3.63, 3.8) is 0 Å². The molecule has 2 aromatic rings. The van der Waals surface area contributed by atoms with E-state index in [9.17, 15) is 30.0 Å². The zero-order valence-electron chi connectivity index (χ0n) is 31.4. The zero-order valence-corrected chi connectivity index (χ0v) is 31.4. The predicted octanol–water partition coefficient (Wildman–Crippen LogP) is 7.14. The molecule has 0 aliphatic heterocycles. The van der Waals surface area contributed by atoms with E-state index in [2.05, 4.69) is 29.4 Å². The molecule has 0 unspecified atom stereocenters. The lowest BCUT2D eigenvalue weighted by Gasteiger charge is -2.28. The van der Waals surface area contributed by atoms with Gasteiger partial charge in [-0.15, -0.1) is 0 Å². The van der Waals surface area contributed by atoms with E-state index in [0.717, 1.165) is 56.1 Å². The number of carbonyl (C=O) groups is 2. The number of carbonyl (C=O) groups excluding carboxylic acids is 1. The Morgan fingerprint density at radius 3 is 2.48 bits per heavy atom. The molecule has 9 heteroatoms. The first-order valence-corrected chi connectivity index (χ1v) is 20.1. The van der Waals surface area contributed by atoms with E-state index in [0.29, 0.717) is 63.4 Å². The number of rotatable bonds is 24. The highest BCUT2D eigenvalue weighted by Crippen LogP contribution is 2.44. The first-order valence-electron chi connectivity index (χ1n) is 20.1. The summed E-state index contributed by atoms with van der Waals surface area (Å²) in [6, 6.07) is 13.2. The van der Waals surface area contributed by atoms with Gasteiger partial charge in [0.25, 0.3) is 0 Å². The molecule has 4 rings (SSSR count). The van der Waals surface area contributed by atoms with Gasteiger partial charge in [-0.25, -0.2) is 4.98 Å². The van der Waals surface area contributed by atoms with Crippen LogP contribution in [0.5, 0.6) is 0 Å². The number of aliphatic hydroxyl groups excluding tert-OH is 2. The third kappa shape index (κ3) is 13.7. The number of pyridine rings is 1. The topological polar surface area (TPSA) is 166 Å². The summed E-state index contributed by atoms with van der Waals surface area (Å²) in [6.45, 7) is 3.59. The largest absolute Gasteiger partial charge is 0.481 e. The van der Waals surface area contributed by atoms with Crippen molar-refractivity contribution in [2.24, 2.45) is 29.6 Å². The molecule has 9 nitrogen and oxygen atoms in total. The second-order valence-electron chi connectivity index (χ2n) is 15.8. The van der Waals surface area contributed by atoms with E-state index in [1.165, 1.54) is 19.3 Å². The van der Waals surface area contributed by atoms with Crippen LogP contribution in [0.3, 0.4) is 0 Å². The van der Waals surface area contributed by atoms with Gasteiger partial charge in [0.05, 0.1) is 23.7 Å². The standard InChI is InChI=1S/C43H65N3O6/c1-2-3-6-12-31-18-19-34(40(49)26-31)15-9-5-10-16-37(42(50)51)39(48)20-22-43(52)28-35(25-32-21-24-46-41(44)27-32)36(29-43)30-45-23-11-17-38(47)33-13-7-4-8-14-33/h4,7-8,13-14,18-19,21,24,27,31,34-37,39-40,45,48-49,52H,2-3,5-6,9-12,15-17,20,22-23,25-26,28-30H2,1H3,(H2,44,46)(H,50,51)/t31-,34-,35-,36+,37+,39-,40-,43-/m1/s1. The second kappa shape index (κ2) is 21.6. The van der Waals surface area contributed by atoms with E-state index in [-0.39, 0.29) is 36.1 Å². The Labute approximate surface area is 311 Å². The number of ketones is 1. The number of hydrogen-bond acceptors (Lipinski definition) is 8. The van der Waals surface area contributed by atoms with E-state index in [1.54, 1.807) is 6.20 Å². The maximum Gasteiger partial charge on any atom is 0.309 e. The van der Waals surface area contributed by atoms with Gasteiger partial charge >= 0.3 is 5.97 Å². The molecule has 0 spiro atoms. The predicted molar refractivity (Wildman–Crippen MR) is 207 cm³/mol. The van der Waals surface area contributed by atoms with Crippen molar-refractivity contribution in [2.75, 3.05) is 18.8 Å². The molecule has 0 amide bonds. The first kappa shape index (κ1) is 41.6. The first-order chi connectivity index (χ1) is 25.1. The molecule has 1 aromatic carbocycles. The number of benzene rings is 1. The Hall–Kier alpha value is -3.11. The van der Waals surface area contributed by atoms with E-state index in [1.807, 2.05) is 42.5 Å². The van der Waals surface area contributed by atoms with Crippen LogP contribution >= 0.6 is 0 Å². The van der Waals surface area contributed by atoms with Crippen LogP contribution in [0.25, 0.3) is 0 Å². The van der Waals surface area contributed by atoms with Gasteiger partial charge in [-0.3, -0.25) is 9.59 Å². The van der Waals surface area contributed by atoms with Crippen LogP contribution in [0.2, 0.25) is 0 Å². The fourth-order valence-electron chi connectivity index (χ4n) is 8.60. The minimum Gasteiger partial charge on any atom is -0.481 e. The highest BCUT2D eigenvalue weighted by atomic mass is 16.4. The molecule has 7 N–H and O–H groups in total. The highest BCUT2D eigenvalue weighted by molar-refractivity contribution is 5.95. The quantitative estimate of drug-likeness (QED) is 0.0376. The number of carboxylic acids is 1. The number of aromatic nitrogens is 1. The lowest BCUT2D eigenvalue weighted by molar-refractivity contribution is -0.146. The second-order valence-corrected chi connectivity index (χ2v) is 15.8. The third-order valence-corrected chi connectivity index (χ3v) is 11.6. The summed E-state index contributed by atoms with van der Waals surface area (Å²) < 4.78 is 0. The Kier molecular flexibility index (Phi) is 17.3. The number of aliphatic hydroxyl groups is 3. The minimum atomic E-state index is -1.04. The van der Waals surface area contributed by atoms with Gasteiger partial charge in [-0.1, -0.05) is 87.9 Å². The molecule has 1 saturated carbocycles. The van der Waals surface area contributed by atoms with Crippen molar-refractivity contribution in [2.45, 2.75) is 134 Å². The maximum atomic E-state index is 12.5. The smallest absolute Gasteiger partial charge is 0.309 e. The van der Waals surface area contributed by atoms with E-state index < -0.39 is 23.6 Å². The van der Waals surface area contributed by atoms with Gasteiger partial charge in [-0.2, -0.15) is 0 Å². The van der Waals surface area contributed by atoms with Crippen LogP contribution in [-0.4, -0.2) is 68.1 Å². The van der Waals surface area contributed by atoms with Crippen LogP contribution in [0.15, 0.2) is 60.8 Å². The molecule has 288 valence electrons. The number of nitrogen functional groups attached to an aromatic ring is 1. The summed E-state index contributed by atoms with van der Waals surface area (Å²) in [5.74, 6) is -0.304. The Morgan fingerprint density at radius 2 is 1.75 bits per heavy atom. The normalized spacial score (nSPS) is 25.6. The number of hydrogen-bond donors (Lipinski definition) is 6.